The summed E-state index contributed by atoms with van der Waals surface area (Å²) in [6.45, 7) is 5.31. The number of anilines is 1. The van der Waals surface area contributed by atoms with Gasteiger partial charge in [-0.3, -0.25) is 0 Å². The zero-order chi connectivity index (χ0) is 14.2. The maximum atomic E-state index is 11.7. The van der Waals surface area contributed by atoms with Gasteiger partial charge in [-0.15, -0.1) is 0 Å². The molecule has 1 unspecified atom stereocenters. The van der Waals surface area contributed by atoms with E-state index < -0.39 is 0 Å². The van der Waals surface area contributed by atoms with E-state index in [1.165, 1.54) is 25.8 Å². The van der Waals surface area contributed by atoms with Gasteiger partial charge in [0.2, 0.25) is 0 Å². The zero-order valence-electron chi connectivity index (χ0n) is 12.3. The first-order chi connectivity index (χ1) is 9.75. The number of hydrogen-bond donors (Lipinski definition) is 2. The van der Waals surface area contributed by atoms with Gasteiger partial charge in [0.15, 0.2) is 0 Å². The van der Waals surface area contributed by atoms with Gasteiger partial charge in [0.25, 0.3) is 0 Å². The van der Waals surface area contributed by atoms with Crippen molar-refractivity contribution >= 4 is 11.7 Å². The molecule has 1 fully saturated rings. The first kappa shape index (κ1) is 14.9. The van der Waals surface area contributed by atoms with E-state index in [-0.39, 0.29) is 6.03 Å². The van der Waals surface area contributed by atoms with Crippen LogP contribution in [-0.4, -0.2) is 36.6 Å². The molecule has 2 amide bonds. The van der Waals surface area contributed by atoms with Crippen LogP contribution in [0.5, 0.6) is 0 Å². The Morgan fingerprint density at radius 3 is 2.85 bits per heavy atom. The monoisotopic (exact) mass is 275 g/mol. The lowest BCUT2D eigenvalue weighted by Gasteiger charge is -2.33. The Kier molecular flexibility index (Phi) is 5.87. The van der Waals surface area contributed by atoms with E-state index in [4.69, 9.17) is 0 Å². The molecule has 110 valence electrons. The largest absolute Gasteiger partial charge is 0.338 e. The molecule has 4 nitrogen and oxygen atoms in total. The number of piperidine rings is 1. The van der Waals surface area contributed by atoms with Crippen LogP contribution in [0.1, 0.15) is 32.6 Å². The second-order valence-corrected chi connectivity index (χ2v) is 5.48. The molecule has 4 heteroatoms. The molecule has 0 bridgehead atoms. The van der Waals surface area contributed by atoms with Gasteiger partial charge in [-0.2, -0.15) is 0 Å². The van der Waals surface area contributed by atoms with Gasteiger partial charge in [-0.05, 0) is 44.9 Å². The lowest BCUT2D eigenvalue weighted by Crippen LogP contribution is -2.39. The predicted octanol–water partition coefficient (Wildman–Crippen LogP) is 3.07. The zero-order valence-corrected chi connectivity index (χ0v) is 12.3. The number of nitrogens with zero attached hydrogens (tertiary/aromatic N) is 1. The highest BCUT2D eigenvalue weighted by atomic mass is 16.2. The van der Waals surface area contributed by atoms with Crippen LogP contribution in [0.3, 0.4) is 0 Å². The van der Waals surface area contributed by atoms with Crippen molar-refractivity contribution in [3.05, 3.63) is 30.3 Å². The van der Waals surface area contributed by atoms with Crippen LogP contribution in [0.25, 0.3) is 0 Å². The molecule has 0 aliphatic carbocycles. The molecule has 2 N–H and O–H groups in total. The number of benzene rings is 1. The van der Waals surface area contributed by atoms with E-state index in [0.717, 1.165) is 25.2 Å². The third-order valence-corrected chi connectivity index (χ3v) is 3.88. The molecule has 1 atom stereocenters. The number of para-hydroxylation sites is 1. The molecule has 20 heavy (non-hydrogen) atoms. The molecular formula is C16H25N3O. The van der Waals surface area contributed by atoms with Crippen molar-refractivity contribution in [1.82, 2.24) is 10.2 Å². The van der Waals surface area contributed by atoms with Crippen LogP contribution in [0.2, 0.25) is 0 Å². The highest BCUT2D eigenvalue weighted by molar-refractivity contribution is 5.89. The Morgan fingerprint density at radius 1 is 1.30 bits per heavy atom. The fraction of sp³-hybridized carbons (Fsp3) is 0.562. The highest BCUT2D eigenvalue weighted by Crippen LogP contribution is 2.16. The summed E-state index contributed by atoms with van der Waals surface area (Å²) in [6, 6.07) is 10.1. The molecule has 0 saturated carbocycles. The van der Waals surface area contributed by atoms with E-state index in [0.29, 0.717) is 6.04 Å². The maximum Gasteiger partial charge on any atom is 0.319 e. The van der Waals surface area contributed by atoms with Gasteiger partial charge in [0.05, 0.1) is 0 Å². The summed E-state index contributed by atoms with van der Waals surface area (Å²) in [5.41, 5.74) is 0.828. The summed E-state index contributed by atoms with van der Waals surface area (Å²) in [5, 5.41) is 5.73. The molecule has 1 aliphatic heterocycles. The summed E-state index contributed by atoms with van der Waals surface area (Å²) in [7, 11) is 0. The number of rotatable bonds is 5. The van der Waals surface area contributed by atoms with Crippen molar-refractivity contribution in [2.75, 3.05) is 25.0 Å². The average Bonchev–Trinajstić information content (AvgIpc) is 2.46. The van der Waals surface area contributed by atoms with E-state index in [1.807, 2.05) is 30.3 Å². The lowest BCUT2D eigenvalue weighted by atomic mass is 10.0. The molecule has 1 heterocycles. The number of carbonyl (C=O) groups excluding carboxylic acids is 1. The van der Waals surface area contributed by atoms with Gasteiger partial charge >= 0.3 is 6.03 Å². The van der Waals surface area contributed by atoms with Crippen molar-refractivity contribution in [2.24, 2.45) is 0 Å². The van der Waals surface area contributed by atoms with Gasteiger partial charge in [0.1, 0.15) is 0 Å². The van der Waals surface area contributed by atoms with Crippen molar-refractivity contribution < 1.29 is 4.79 Å². The predicted molar refractivity (Wildman–Crippen MR) is 83.0 cm³/mol. The molecule has 1 saturated heterocycles. The number of amides is 2. The molecule has 0 aromatic heterocycles. The van der Waals surface area contributed by atoms with Crippen molar-refractivity contribution in [3.63, 3.8) is 0 Å². The minimum absolute atomic E-state index is 0.122. The molecular weight excluding hydrogens is 250 g/mol. The van der Waals surface area contributed by atoms with Crippen molar-refractivity contribution in [3.8, 4) is 0 Å². The van der Waals surface area contributed by atoms with Gasteiger partial charge in [-0.1, -0.05) is 24.6 Å². The fourth-order valence-corrected chi connectivity index (χ4v) is 2.67. The van der Waals surface area contributed by atoms with Crippen LogP contribution in [-0.2, 0) is 0 Å². The summed E-state index contributed by atoms with van der Waals surface area (Å²) in [6.07, 6.45) is 4.98. The third kappa shape index (κ3) is 4.85. The van der Waals surface area contributed by atoms with Gasteiger partial charge in [0, 0.05) is 24.8 Å². The SMILES string of the molecule is CC1CCCCN1CCCNC(=O)Nc1ccccc1. The van der Waals surface area contributed by atoms with Crippen LogP contribution in [0, 0.1) is 0 Å². The molecule has 0 radical (unpaired) electrons. The normalized spacial score (nSPS) is 19.6. The second-order valence-electron chi connectivity index (χ2n) is 5.48. The van der Waals surface area contributed by atoms with Gasteiger partial charge in [-0.25, -0.2) is 4.79 Å². The number of hydrogen-bond acceptors (Lipinski definition) is 2. The fourth-order valence-electron chi connectivity index (χ4n) is 2.67. The Morgan fingerprint density at radius 2 is 2.10 bits per heavy atom. The Hall–Kier alpha value is -1.55. The molecule has 1 aliphatic rings. The Balaban J connectivity index is 1.60. The van der Waals surface area contributed by atoms with Crippen LogP contribution < -0.4 is 10.6 Å². The van der Waals surface area contributed by atoms with Crippen molar-refractivity contribution in [1.29, 1.82) is 0 Å². The standard InChI is InChI=1S/C16H25N3O/c1-14-8-5-6-12-19(14)13-7-11-17-16(20)18-15-9-3-2-4-10-15/h2-4,9-10,14H,5-8,11-13H2,1H3,(H2,17,18,20). The average molecular weight is 275 g/mol. The minimum Gasteiger partial charge on any atom is -0.338 e. The molecule has 1 aromatic carbocycles. The van der Waals surface area contributed by atoms with Crippen LogP contribution >= 0.6 is 0 Å². The molecule has 0 spiro atoms. The smallest absolute Gasteiger partial charge is 0.319 e. The van der Waals surface area contributed by atoms with Crippen LogP contribution in [0.15, 0.2) is 30.3 Å². The van der Waals surface area contributed by atoms with Gasteiger partial charge < -0.3 is 15.5 Å². The summed E-state index contributed by atoms with van der Waals surface area (Å²) in [5.74, 6) is 0. The first-order valence-corrected chi connectivity index (χ1v) is 7.59. The van der Waals surface area contributed by atoms with E-state index in [1.54, 1.807) is 0 Å². The number of nitrogens with one attached hydrogen (secondary N) is 2. The molecule has 2 rings (SSSR count). The summed E-state index contributed by atoms with van der Waals surface area (Å²) in [4.78, 5) is 14.2. The van der Waals surface area contributed by atoms with Crippen molar-refractivity contribution in [2.45, 2.75) is 38.6 Å². The topological polar surface area (TPSA) is 44.4 Å². The number of likely N-dealkylation sites (tertiary alicyclic amines) is 1. The number of carbonyl (C=O) groups is 1. The molecule has 1 aromatic rings. The second kappa shape index (κ2) is 7.90. The lowest BCUT2D eigenvalue weighted by molar-refractivity contribution is 0.159. The first-order valence-electron chi connectivity index (χ1n) is 7.59. The van der Waals surface area contributed by atoms with Crippen LogP contribution in [0.4, 0.5) is 10.5 Å². The summed E-state index contributed by atoms with van der Waals surface area (Å²) >= 11 is 0. The maximum absolute atomic E-state index is 11.7. The minimum atomic E-state index is -0.122. The van der Waals surface area contributed by atoms with E-state index in [9.17, 15) is 4.79 Å². The van der Waals surface area contributed by atoms with E-state index in [2.05, 4.69) is 22.5 Å². The third-order valence-electron chi connectivity index (χ3n) is 3.88. The Labute approximate surface area is 121 Å². The quantitative estimate of drug-likeness (QED) is 0.811. The Bertz CT molecular complexity index is 407. The van der Waals surface area contributed by atoms with E-state index >= 15 is 0 Å². The summed E-state index contributed by atoms with van der Waals surface area (Å²) < 4.78 is 0. The highest BCUT2D eigenvalue weighted by Gasteiger charge is 2.17. The number of urea groups is 1.